The lowest BCUT2D eigenvalue weighted by atomic mass is 9.81. The molecule has 0 bridgehead atoms. The number of aromatic amines is 2. The van der Waals surface area contributed by atoms with Crippen molar-refractivity contribution in [2.75, 3.05) is 13.2 Å². The average molecular weight is 464 g/mol. The molecule has 2 saturated carbocycles. The van der Waals surface area contributed by atoms with Gasteiger partial charge in [0, 0.05) is 17.6 Å². The van der Waals surface area contributed by atoms with E-state index in [1.165, 1.54) is 0 Å². The SMILES string of the molecule is O=C(NC(c1nc2c(cnc3[nH]ccc32)[nH]1)C1CCC(NCC(F)(F)F)CC1)OCC1CC1. The van der Waals surface area contributed by atoms with Gasteiger partial charge in [0.1, 0.15) is 17.0 Å². The van der Waals surface area contributed by atoms with Crippen LogP contribution in [0.25, 0.3) is 22.1 Å². The van der Waals surface area contributed by atoms with E-state index in [-0.39, 0.29) is 12.0 Å². The van der Waals surface area contributed by atoms with E-state index >= 15 is 0 Å². The quantitative estimate of drug-likeness (QED) is 0.416. The molecule has 8 nitrogen and oxygen atoms in total. The summed E-state index contributed by atoms with van der Waals surface area (Å²) in [5.41, 5.74) is 2.25. The van der Waals surface area contributed by atoms with E-state index in [1.54, 1.807) is 12.4 Å². The van der Waals surface area contributed by atoms with E-state index in [9.17, 15) is 18.0 Å². The van der Waals surface area contributed by atoms with Crippen LogP contribution in [0.3, 0.4) is 0 Å². The van der Waals surface area contributed by atoms with Crippen LogP contribution in [0.5, 0.6) is 0 Å². The summed E-state index contributed by atoms with van der Waals surface area (Å²) < 4.78 is 43.1. The summed E-state index contributed by atoms with van der Waals surface area (Å²) in [5.74, 6) is 1.08. The highest BCUT2D eigenvalue weighted by Gasteiger charge is 2.34. The summed E-state index contributed by atoms with van der Waals surface area (Å²) >= 11 is 0. The molecule has 178 valence electrons. The number of ether oxygens (including phenoxy) is 1. The second kappa shape index (κ2) is 8.85. The number of aromatic nitrogens is 4. The Balaban J connectivity index is 1.33. The Morgan fingerprint density at radius 1 is 1.21 bits per heavy atom. The molecule has 11 heteroatoms. The molecular weight excluding hydrogens is 437 g/mol. The molecule has 2 fully saturated rings. The number of nitrogens with zero attached hydrogens (tertiary/aromatic N) is 2. The van der Waals surface area contributed by atoms with Crippen molar-refractivity contribution >= 4 is 28.2 Å². The van der Waals surface area contributed by atoms with Gasteiger partial charge in [-0.3, -0.25) is 0 Å². The molecule has 33 heavy (non-hydrogen) atoms. The first-order valence-electron chi connectivity index (χ1n) is 11.4. The maximum absolute atomic E-state index is 12.6. The van der Waals surface area contributed by atoms with Gasteiger partial charge in [0.05, 0.1) is 30.9 Å². The number of hydrogen-bond acceptors (Lipinski definition) is 5. The van der Waals surface area contributed by atoms with E-state index in [2.05, 4.69) is 25.6 Å². The molecule has 0 aromatic carbocycles. The zero-order valence-electron chi connectivity index (χ0n) is 18.0. The zero-order valence-corrected chi connectivity index (χ0v) is 18.0. The van der Waals surface area contributed by atoms with Gasteiger partial charge in [-0.25, -0.2) is 14.8 Å². The fourth-order valence-electron chi connectivity index (χ4n) is 4.61. The molecule has 0 saturated heterocycles. The molecule has 1 amide bonds. The molecule has 2 aliphatic rings. The number of carbonyl (C=O) groups excluding carboxylic acids is 1. The number of carbonyl (C=O) groups is 1. The van der Waals surface area contributed by atoms with Crippen molar-refractivity contribution in [1.82, 2.24) is 30.6 Å². The van der Waals surface area contributed by atoms with Crippen molar-refractivity contribution in [1.29, 1.82) is 0 Å². The molecular formula is C22H27F3N6O2. The topological polar surface area (TPSA) is 108 Å². The largest absolute Gasteiger partial charge is 0.449 e. The Morgan fingerprint density at radius 2 is 2.00 bits per heavy atom. The van der Waals surface area contributed by atoms with Crippen molar-refractivity contribution < 1.29 is 22.7 Å². The van der Waals surface area contributed by atoms with Crippen molar-refractivity contribution in [3.63, 3.8) is 0 Å². The Bertz CT molecular complexity index is 1110. The van der Waals surface area contributed by atoms with Crippen LogP contribution in [0.4, 0.5) is 18.0 Å². The summed E-state index contributed by atoms with van der Waals surface area (Å²) in [6, 6.07) is 1.28. The number of pyridine rings is 1. The minimum Gasteiger partial charge on any atom is -0.449 e. The highest BCUT2D eigenvalue weighted by atomic mass is 19.4. The van der Waals surface area contributed by atoms with E-state index in [0.717, 1.165) is 34.9 Å². The Hall–Kier alpha value is -2.82. The summed E-state index contributed by atoms with van der Waals surface area (Å²) in [6.45, 7) is -0.582. The zero-order chi connectivity index (χ0) is 23.0. The smallest absolute Gasteiger partial charge is 0.407 e. The van der Waals surface area contributed by atoms with Gasteiger partial charge in [-0.15, -0.1) is 0 Å². The van der Waals surface area contributed by atoms with Gasteiger partial charge in [0.15, 0.2) is 0 Å². The lowest BCUT2D eigenvalue weighted by molar-refractivity contribution is -0.126. The first-order chi connectivity index (χ1) is 15.9. The summed E-state index contributed by atoms with van der Waals surface area (Å²) in [6.07, 6.45) is 3.46. The highest BCUT2D eigenvalue weighted by Crippen LogP contribution is 2.36. The Morgan fingerprint density at radius 3 is 2.73 bits per heavy atom. The predicted molar refractivity (Wildman–Crippen MR) is 115 cm³/mol. The summed E-state index contributed by atoms with van der Waals surface area (Å²) in [7, 11) is 0. The van der Waals surface area contributed by atoms with Crippen LogP contribution in [-0.2, 0) is 4.74 Å². The van der Waals surface area contributed by atoms with E-state index in [4.69, 9.17) is 9.72 Å². The molecule has 3 aromatic heterocycles. The molecule has 1 unspecified atom stereocenters. The van der Waals surface area contributed by atoms with Crippen LogP contribution >= 0.6 is 0 Å². The second-order valence-electron chi connectivity index (χ2n) is 9.15. The molecule has 3 aromatic rings. The Labute approximate surface area is 188 Å². The van der Waals surface area contributed by atoms with E-state index in [1.807, 2.05) is 6.07 Å². The number of rotatable bonds is 7. The lowest BCUT2D eigenvalue weighted by Crippen LogP contribution is -2.42. The molecule has 5 rings (SSSR count). The van der Waals surface area contributed by atoms with Crippen LogP contribution in [-0.4, -0.2) is 51.4 Å². The summed E-state index contributed by atoms with van der Waals surface area (Å²) in [5, 5.41) is 6.46. The average Bonchev–Trinajstić information content (AvgIpc) is 3.31. The van der Waals surface area contributed by atoms with Crippen molar-refractivity contribution in [3.8, 4) is 0 Å². The number of amides is 1. The Kier molecular flexibility index (Phi) is 5.90. The molecule has 0 spiro atoms. The molecule has 3 heterocycles. The maximum atomic E-state index is 12.6. The fourth-order valence-corrected chi connectivity index (χ4v) is 4.61. The highest BCUT2D eigenvalue weighted by molar-refractivity contribution is 6.00. The van der Waals surface area contributed by atoms with Gasteiger partial charge in [0.2, 0.25) is 0 Å². The van der Waals surface area contributed by atoms with Crippen LogP contribution in [0.1, 0.15) is 50.4 Å². The van der Waals surface area contributed by atoms with Crippen LogP contribution in [0.15, 0.2) is 18.5 Å². The number of nitrogens with one attached hydrogen (secondary N) is 4. The molecule has 2 aliphatic carbocycles. The number of alkyl carbamates (subject to hydrolysis) is 1. The van der Waals surface area contributed by atoms with Crippen molar-refractivity contribution in [3.05, 3.63) is 24.3 Å². The predicted octanol–water partition coefficient (Wildman–Crippen LogP) is 4.33. The molecule has 0 aliphatic heterocycles. The van der Waals surface area contributed by atoms with Gasteiger partial charge in [-0.2, -0.15) is 13.2 Å². The fraction of sp³-hybridized carbons (Fsp3) is 0.591. The third-order valence-electron chi connectivity index (χ3n) is 6.60. The van der Waals surface area contributed by atoms with Gasteiger partial charge in [-0.1, -0.05) is 0 Å². The number of fused-ring (bicyclic) bond motifs is 3. The first-order valence-corrected chi connectivity index (χ1v) is 11.4. The first kappa shape index (κ1) is 22.0. The van der Waals surface area contributed by atoms with E-state index in [0.29, 0.717) is 44.0 Å². The van der Waals surface area contributed by atoms with Gasteiger partial charge in [-0.05, 0) is 56.4 Å². The standard InChI is InChI=1S/C22H27F3N6O2/c23-22(24,25)11-28-14-5-3-13(4-6-14)17(31-21(32)33-10-12-1-2-12)20-29-16-9-27-19-15(7-8-26-19)18(16)30-20/h7-9,12-14,17,28H,1-6,10-11H2,(H,26,27)(H,29,30)(H,31,32). The van der Waals surface area contributed by atoms with E-state index < -0.39 is 24.9 Å². The van der Waals surface area contributed by atoms with Gasteiger partial charge < -0.3 is 25.3 Å². The molecule has 0 radical (unpaired) electrons. The minimum atomic E-state index is -4.22. The van der Waals surface area contributed by atoms with Crippen LogP contribution < -0.4 is 10.6 Å². The third-order valence-corrected chi connectivity index (χ3v) is 6.60. The number of imidazole rings is 1. The van der Waals surface area contributed by atoms with Crippen molar-refractivity contribution in [2.24, 2.45) is 11.8 Å². The molecule has 4 N–H and O–H groups in total. The van der Waals surface area contributed by atoms with Gasteiger partial charge in [0.25, 0.3) is 0 Å². The normalized spacial score (nSPS) is 22.5. The number of hydrogen-bond donors (Lipinski definition) is 4. The van der Waals surface area contributed by atoms with Gasteiger partial charge >= 0.3 is 12.3 Å². The second-order valence-corrected chi connectivity index (χ2v) is 9.15. The monoisotopic (exact) mass is 464 g/mol. The summed E-state index contributed by atoms with van der Waals surface area (Å²) in [4.78, 5) is 28.1. The molecule has 1 atom stereocenters. The lowest BCUT2D eigenvalue weighted by Gasteiger charge is -2.33. The minimum absolute atomic E-state index is 0.0256. The van der Waals surface area contributed by atoms with Crippen LogP contribution in [0.2, 0.25) is 0 Å². The van der Waals surface area contributed by atoms with Crippen molar-refractivity contribution in [2.45, 2.75) is 56.8 Å². The number of halogens is 3. The maximum Gasteiger partial charge on any atom is 0.407 e. The number of alkyl halides is 3. The third kappa shape index (κ3) is 5.23. The van der Waals surface area contributed by atoms with Crippen LogP contribution in [0, 0.1) is 11.8 Å². The number of H-pyrrole nitrogens is 2.